The fourth-order valence-electron chi connectivity index (χ4n) is 5.81. The van der Waals surface area contributed by atoms with Gasteiger partial charge in [-0.1, -0.05) is 20.8 Å². The molecule has 4 fully saturated rings. The SMILES string of the molecule is CC(C)[C@@H]1[C@@H]2OC(=O)[C@H]1[C@@H]1CC[C@@H]3CN[C@H]2[C@@]31C. The van der Waals surface area contributed by atoms with E-state index in [9.17, 15) is 4.79 Å². The molecule has 3 heteroatoms. The van der Waals surface area contributed by atoms with Crippen molar-refractivity contribution >= 4 is 5.97 Å². The molecule has 0 radical (unpaired) electrons. The van der Waals surface area contributed by atoms with Crippen molar-refractivity contribution in [2.75, 3.05) is 6.54 Å². The first kappa shape index (κ1) is 11.3. The molecule has 0 aromatic rings. The van der Waals surface area contributed by atoms with Crippen molar-refractivity contribution in [1.82, 2.24) is 5.32 Å². The van der Waals surface area contributed by atoms with Crippen molar-refractivity contribution in [3.63, 3.8) is 0 Å². The summed E-state index contributed by atoms with van der Waals surface area (Å²) >= 11 is 0. The van der Waals surface area contributed by atoms with Crippen LogP contribution in [0.2, 0.25) is 0 Å². The van der Waals surface area contributed by atoms with Crippen LogP contribution in [0.3, 0.4) is 0 Å². The minimum Gasteiger partial charge on any atom is -0.460 e. The second-order valence-electron chi connectivity index (χ2n) is 7.38. The third-order valence-electron chi connectivity index (χ3n) is 6.61. The summed E-state index contributed by atoms with van der Waals surface area (Å²) in [4.78, 5) is 12.3. The molecule has 7 atom stereocenters. The average molecular weight is 249 g/mol. The first-order valence-corrected chi connectivity index (χ1v) is 7.49. The highest BCUT2D eigenvalue weighted by atomic mass is 16.6. The van der Waals surface area contributed by atoms with E-state index in [0.29, 0.717) is 29.2 Å². The number of carbonyl (C=O) groups is 1. The highest BCUT2D eigenvalue weighted by molar-refractivity contribution is 5.77. The summed E-state index contributed by atoms with van der Waals surface area (Å²) in [6.07, 6.45) is 2.66. The lowest BCUT2D eigenvalue weighted by Gasteiger charge is -2.48. The maximum Gasteiger partial charge on any atom is 0.310 e. The topological polar surface area (TPSA) is 38.3 Å². The average Bonchev–Trinajstić information content (AvgIpc) is 2.88. The van der Waals surface area contributed by atoms with Crippen molar-refractivity contribution in [1.29, 1.82) is 0 Å². The van der Waals surface area contributed by atoms with Gasteiger partial charge in [0.15, 0.2) is 0 Å². The molecule has 2 aliphatic carbocycles. The molecular weight excluding hydrogens is 226 g/mol. The molecule has 2 bridgehead atoms. The molecule has 1 N–H and O–H groups in total. The Morgan fingerprint density at radius 3 is 2.89 bits per heavy atom. The summed E-state index contributed by atoms with van der Waals surface area (Å²) in [5, 5.41) is 3.69. The number of hydrogen-bond donors (Lipinski definition) is 1. The van der Waals surface area contributed by atoms with Crippen molar-refractivity contribution < 1.29 is 9.53 Å². The van der Waals surface area contributed by atoms with Crippen LogP contribution < -0.4 is 5.32 Å². The Hall–Kier alpha value is -0.570. The number of carbonyl (C=O) groups excluding carboxylic acids is 1. The van der Waals surface area contributed by atoms with E-state index >= 15 is 0 Å². The number of fused-ring (bicyclic) bond motifs is 4. The van der Waals surface area contributed by atoms with E-state index in [0.717, 1.165) is 12.5 Å². The highest BCUT2D eigenvalue weighted by Crippen LogP contribution is 2.64. The molecule has 0 aromatic heterocycles. The Kier molecular flexibility index (Phi) is 2.07. The molecule has 18 heavy (non-hydrogen) atoms. The first-order chi connectivity index (χ1) is 8.55. The van der Waals surface area contributed by atoms with Crippen molar-refractivity contribution in [2.45, 2.75) is 45.8 Å². The van der Waals surface area contributed by atoms with E-state index in [1.165, 1.54) is 12.8 Å². The summed E-state index contributed by atoms with van der Waals surface area (Å²) in [7, 11) is 0. The number of hydrogen-bond acceptors (Lipinski definition) is 3. The molecule has 100 valence electrons. The van der Waals surface area contributed by atoms with Gasteiger partial charge in [-0.15, -0.1) is 0 Å². The standard InChI is InChI=1S/C15H23NO2/c1-7(2)10-11-9-5-4-8-6-16-13(15(8,9)3)12(10)18-14(11)17/h7-13,16H,4-6H2,1-3H3/t8-,9+,10+,11+,12+,13-,15+/m1/s1. The van der Waals surface area contributed by atoms with Crippen molar-refractivity contribution in [3.8, 4) is 0 Å². The van der Waals surface area contributed by atoms with Crippen LogP contribution in [-0.2, 0) is 9.53 Å². The lowest BCUT2D eigenvalue weighted by Crippen LogP contribution is -2.57. The Balaban J connectivity index is 1.83. The van der Waals surface area contributed by atoms with E-state index in [-0.39, 0.29) is 18.0 Å². The molecular formula is C15H23NO2. The minimum absolute atomic E-state index is 0.0989. The predicted molar refractivity (Wildman–Crippen MR) is 67.8 cm³/mol. The molecule has 4 rings (SSSR count). The molecule has 2 saturated heterocycles. The lowest BCUT2D eigenvalue weighted by atomic mass is 9.55. The summed E-state index contributed by atoms with van der Waals surface area (Å²) < 4.78 is 5.79. The largest absolute Gasteiger partial charge is 0.460 e. The van der Waals surface area contributed by atoms with Crippen LogP contribution in [-0.4, -0.2) is 24.7 Å². The third-order valence-corrected chi connectivity index (χ3v) is 6.61. The fraction of sp³-hybridized carbons (Fsp3) is 0.933. The van der Waals surface area contributed by atoms with Gasteiger partial charge >= 0.3 is 5.97 Å². The molecule has 2 aliphatic heterocycles. The smallest absolute Gasteiger partial charge is 0.310 e. The zero-order chi connectivity index (χ0) is 12.7. The molecule has 0 unspecified atom stereocenters. The summed E-state index contributed by atoms with van der Waals surface area (Å²) in [6.45, 7) is 8.04. The minimum atomic E-state index is 0.0989. The predicted octanol–water partition coefficient (Wildman–Crippen LogP) is 1.82. The van der Waals surface area contributed by atoms with Crippen LogP contribution >= 0.6 is 0 Å². The number of ether oxygens (including phenoxy) is 1. The Morgan fingerprint density at radius 1 is 1.39 bits per heavy atom. The monoisotopic (exact) mass is 249 g/mol. The van der Waals surface area contributed by atoms with Crippen LogP contribution in [0, 0.1) is 35.0 Å². The number of esters is 1. The van der Waals surface area contributed by atoms with E-state index in [2.05, 4.69) is 26.1 Å². The second-order valence-corrected chi connectivity index (χ2v) is 7.38. The van der Waals surface area contributed by atoms with Gasteiger partial charge in [0.1, 0.15) is 6.10 Å². The maximum absolute atomic E-state index is 12.3. The molecule has 2 heterocycles. The Bertz CT molecular complexity index is 407. The van der Waals surface area contributed by atoms with Gasteiger partial charge in [-0.25, -0.2) is 0 Å². The van der Waals surface area contributed by atoms with E-state index < -0.39 is 0 Å². The quantitative estimate of drug-likeness (QED) is 0.720. The van der Waals surface area contributed by atoms with Crippen LogP contribution in [0.1, 0.15) is 33.6 Å². The van der Waals surface area contributed by atoms with Gasteiger partial charge in [-0.05, 0) is 42.6 Å². The first-order valence-electron chi connectivity index (χ1n) is 7.49. The van der Waals surface area contributed by atoms with Crippen LogP contribution in [0.4, 0.5) is 0 Å². The molecule has 2 saturated carbocycles. The molecule has 3 nitrogen and oxygen atoms in total. The van der Waals surface area contributed by atoms with Gasteiger partial charge in [0, 0.05) is 5.92 Å². The summed E-state index contributed by atoms with van der Waals surface area (Å²) in [5.41, 5.74) is 0.312. The van der Waals surface area contributed by atoms with Gasteiger partial charge in [-0.2, -0.15) is 0 Å². The van der Waals surface area contributed by atoms with Crippen LogP contribution in [0.5, 0.6) is 0 Å². The van der Waals surface area contributed by atoms with E-state index in [4.69, 9.17) is 4.74 Å². The molecule has 0 aromatic carbocycles. The Morgan fingerprint density at radius 2 is 2.17 bits per heavy atom. The van der Waals surface area contributed by atoms with Gasteiger partial charge in [-0.3, -0.25) is 4.79 Å². The summed E-state index contributed by atoms with van der Waals surface area (Å²) in [5.74, 6) is 2.58. The van der Waals surface area contributed by atoms with E-state index in [1.54, 1.807) is 0 Å². The molecule has 0 amide bonds. The zero-order valence-electron chi connectivity index (χ0n) is 11.5. The fourth-order valence-corrected chi connectivity index (χ4v) is 5.81. The number of rotatable bonds is 1. The zero-order valence-corrected chi connectivity index (χ0v) is 11.5. The van der Waals surface area contributed by atoms with Gasteiger partial charge < -0.3 is 10.1 Å². The molecule has 0 spiro atoms. The van der Waals surface area contributed by atoms with Crippen molar-refractivity contribution in [2.24, 2.45) is 35.0 Å². The van der Waals surface area contributed by atoms with Crippen molar-refractivity contribution in [3.05, 3.63) is 0 Å². The van der Waals surface area contributed by atoms with E-state index in [1.807, 2.05) is 0 Å². The van der Waals surface area contributed by atoms with Gasteiger partial charge in [0.05, 0.1) is 12.0 Å². The lowest BCUT2D eigenvalue weighted by molar-refractivity contribution is -0.144. The normalized spacial score (nSPS) is 57.0. The third kappa shape index (κ3) is 1.05. The Labute approximate surface area is 109 Å². The number of nitrogens with one attached hydrogen (secondary N) is 1. The maximum atomic E-state index is 12.3. The highest BCUT2D eigenvalue weighted by Gasteiger charge is 2.70. The van der Waals surface area contributed by atoms with Crippen LogP contribution in [0.25, 0.3) is 0 Å². The summed E-state index contributed by atoms with van der Waals surface area (Å²) in [6, 6.07) is 0.407. The molecule has 4 aliphatic rings. The van der Waals surface area contributed by atoms with Gasteiger partial charge in [0.2, 0.25) is 0 Å². The second kappa shape index (κ2) is 3.30. The van der Waals surface area contributed by atoms with Gasteiger partial charge in [0.25, 0.3) is 0 Å². The van der Waals surface area contributed by atoms with Crippen LogP contribution in [0.15, 0.2) is 0 Å².